The van der Waals surface area contributed by atoms with Crippen LogP contribution in [0.3, 0.4) is 0 Å². The molecule has 2 rings (SSSR count). The third-order valence-corrected chi connectivity index (χ3v) is 5.13. The maximum atomic E-state index is 13.5. The zero-order valence-electron chi connectivity index (χ0n) is 15.9. The summed E-state index contributed by atoms with van der Waals surface area (Å²) >= 11 is 5.88. The van der Waals surface area contributed by atoms with E-state index in [4.69, 9.17) is 11.6 Å². The average molecular weight is 405 g/mol. The van der Waals surface area contributed by atoms with Gasteiger partial charge < -0.3 is 15.5 Å². The van der Waals surface area contributed by atoms with Crippen molar-refractivity contribution >= 4 is 29.0 Å². The summed E-state index contributed by atoms with van der Waals surface area (Å²) in [4.78, 5) is 27.8. The number of hydrogen-bond acceptors (Lipinski definition) is 5. The number of halogens is 1. The first kappa shape index (κ1) is 22.0. The van der Waals surface area contributed by atoms with Crippen LogP contribution in [0.2, 0.25) is 5.02 Å². The summed E-state index contributed by atoms with van der Waals surface area (Å²) in [6.45, 7) is 0.865. The van der Waals surface area contributed by atoms with Crippen molar-refractivity contribution in [2.45, 2.75) is 24.9 Å². The van der Waals surface area contributed by atoms with Gasteiger partial charge in [0.2, 0.25) is 0 Å². The highest BCUT2D eigenvalue weighted by Crippen LogP contribution is 2.28. The number of Topliss-reactive ketones (excluding diaryl/α,β-unsaturated/α-hetero) is 1. The normalized spacial score (nSPS) is 12.5. The molecule has 1 unspecified atom stereocenters. The number of aliphatic hydroxyl groups is 2. The molecule has 0 aromatic heterocycles. The van der Waals surface area contributed by atoms with E-state index in [1.807, 2.05) is 0 Å². The average Bonchev–Trinajstić information content (AvgIpc) is 2.73. The molecule has 28 heavy (non-hydrogen) atoms. The van der Waals surface area contributed by atoms with Gasteiger partial charge in [-0.1, -0.05) is 36.7 Å². The van der Waals surface area contributed by atoms with E-state index in [2.05, 4.69) is 5.32 Å². The van der Waals surface area contributed by atoms with Crippen LogP contribution >= 0.6 is 11.6 Å². The largest absolute Gasteiger partial charge is 0.394 e. The van der Waals surface area contributed by atoms with Crippen LogP contribution in [-0.2, 0) is 4.79 Å². The minimum Gasteiger partial charge on any atom is -0.394 e. The van der Waals surface area contributed by atoms with E-state index in [-0.39, 0.29) is 0 Å². The van der Waals surface area contributed by atoms with Crippen LogP contribution in [0, 0.1) is 0 Å². The SMILES string of the molecule is CCC(CO)(CO)N(C(=O)C(NC)C(=O)c1ccc(Cl)cc1)c1ccccc1. The molecule has 7 heteroatoms. The second-order valence-corrected chi connectivity index (χ2v) is 6.93. The predicted molar refractivity (Wildman–Crippen MR) is 110 cm³/mol. The third kappa shape index (κ3) is 4.42. The Morgan fingerprint density at radius 1 is 1.07 bits per heavy atom. The van der Waals surface area contributed by atoms with Gasteiger partial charge in [-0.05, 0) is 49.9 Å². The second-order valence-electron chi connectivity index (χ2n) is 6.50. The van der Waals surface area contributed by atoms with Crippen LogP contribution in [0.1, 0.15) is 23.7 Å². The predicted octanol–water partition coefficient (Wildman–Crippen LogP) is 2.28. The molecule has 0 aliphatic rings. The van der Waals surface area contributed by atoms with Crippen LogP contribution in [0.5, 0.6) is 0 Å². The molecule has 6 nitrogen and oxygen atoms in total. The number of benzene rings is 2. The number of ketones is 1. The topological polar surface area (TPSA) is 89.9 Å². The molecule has 0 radical (unpaired) electrons. The fourth-order valence-electron chi connectivity index (χ4n) is 3.06. The van der Waals surface area contributed by atoms with E-state index in [0.29, 0.717) is 22.7 Å². The molecule has 1 atom stereocenters. The number of anilines is 1. The Hall–Kier alpha value is -2.25. The highest BCUT2D eigenvalue weighted by Gasteiger charge is 2.42. The molecule has 2 aromatic rings. The minimum atomic E-state index is -1.24. The molecule has 2 aromatic carbocycles. The first-order valence-corrected chi connectivity index (χ1v) is 9.39. The lowest BCUT2D eigenvalue weighted by atomic mass is 9.92. The van der Waals surface area contributed by atoms with Crippen LogP contribution in [0.15, 0.2) is 54.6 Å². The first-order valence-electron chi connectivity index (χ1n) is 9.02. The number of hydrogen-bond donors (Lipinski definition) is 3. The number of carbonyl (C=O) groups excluding carboxylic acids is 2. The van der Waals surface area contributed by atoms with Gasteiger partial charge in [-0.2, -0.15) is 0 Å². The van der Waals surface area contributed by atoms with Gasteiger partial charge in [0.05, 0.1) is 18.8 Å². The molecular formula is C21H25ClN2O4. The third-order valence-electron chi connectivity index (χ3n) is 4.88. The number of nitrogens with zero attached hydrogens (tertiary/aromatic N) is 1. The zero-order valence-corrected chi connectivity index (χ0v) is 16.7. The van der Waals surface area contributed by atoms with E-state index in [9.17, 15) is 19.8 Å². The molecule has 0 heterocycles. The van der Waals surface area contributed by atoms with Crippen molar-refractivity contribution in [3.63, 3.8) is 0 Å². The Kier molecular flexibility index (Phi) is 7.71. The highest BCUT2D eigenvalue weighted by atomic mass is 35.5. The lowest BCUT2D eigenvalue weighted by Gasteiger charge is -2.42. The molecule has 0 saturated heterocycles. The van der Waals surface area contributed by atoms with Crippen molar-refractivity contribution < 1.29 is 19.8 Å². The quantitative estimate of drug-likeness (QED) is 0.440. The maximum Gasteiger partial charge on any atom is 0.252 e. The van der Waals surface area contributed by atoms with Crippen LogP contribution < -0.4 is 10.2 Å². The van der Waals surface area contributed by atoms with Crippen molar-refractivity contribution in [3.05, 3.63) is 65.2 Å². The summed E-state index contributed by atoms with van der Waals surface area (Å²) in [5.41, 5.74) is -0.421. The lowest BCUT2D eigenvalue weighted by molar-refractivity contribution is -0.121. The Morgan fingerprint density at radius 2 is 1.64 bits per heavy atom. The van der Waals surface area contributed by atoms with E-state index < -0.39 is 36.5 Å². The molecule has 0 aliphatic carbocycles. The first-order chi connectivity index (χ1) is 13.4. The van der Waals surface area contributed by atoms with Crippen molar-refractivity contribution in [3.8, 4) is 0 Å². The molecule has 0 bridgehead atoms. The number of amides is 1. The molecule has 1 amide bonds. The summed E-state index contributed by atoms with van der Waals surface area (Å²) in [5.74, 6) is -0.982. The van der Waals surface area contributed by atoms with Crippen LogP contribution in [-0.4, -0.2) is 53.7 Å². The van der Waals surface area contributed by atoms with Gasteiger partial charge in [0.1, 0.15) is 0 Å². The van der Waals surface area contributed by atoms with E-state index in [1.165, 1.54) is 11.9 Å². The van der Waals surface area contributed by atoms with Gasteiger partial charge in [0, 0.05) is 16.3 Å². The molecular weight excluding hydrogens is 380 g/mol. The number of aliphatic hydroxyl groups excluding tert-OH is 2. The standard InChI is InChI=1S/C21H25ClN2O4/c1-3-21(13-25,14-26)24(17-7-5-4-6-8-17)20(28)18(23-2)19(27)15-9-11-16(22)12-10-15/h4-12,18,23,25-26H,3,13-14H2,1-2H3. The number of nitrogens with one attached hydrogen (secondary N) is 1. The summed E-state index contributed by atoms with van der Waals surface area (Å²) in [6, 6.07) is 13.8. The minimum absolute atomic E-state index is 0.298. The fraction of sp³-hybridized carbons (Fsp3) is 0.333. The number of likely N-dealkylation sites (N-methyl/N-ethyl adjacent to an activating group) is 1. The summed E-state index contributed by atoms with van der Waals surface area (Å²) < 4.78 is 0. The highest BCUT2D eigenvalue weighted by molar-refractivity contribution is 6.30. The second kappa shape index (κ2) is 9.80. The van der Waals surface area contributed by atoms with Gasteiger partial charge in [-0.3, -0.25) is 14.5 Å². The van der Waals surface area contributed by atoms with Crippen LogP contribution in [0.4, 0.5) is 5.69 Å². The summed E-state index contributed by atoms with van der Waals surface area (Å²) in [7, 11) is 1.52. The zero-order chi connectivity index (χ0) is 20.7. The molecule has 0 saturated carbocycles. The number of rotatable bonds is 9. The van der Waals surface area contributed by atoms with Crippen molar-refractivity contribution in [2.24, 2.45) is 0 Å². The van der Waals surface area contributed by atoms with Gasteiger partial charge in [-0.25, -0.2) is 0 Å². The van der Waals surface area contributed by atoms with Crippen LogP contribution in [0.25, 0.3) is 0 Å². The van der Waals surface area contributed by atoms with Gasteiger partial charge in [-0.15, -0.1) is 0 Å². The number of carbonyl (C=O) groups is 2. The monoisotopic (exact) mass is 404 g/mol. The Bertz CT molecular complexity index is 784. The van der Waals surface area contributed by atoms with Crippen molar-refractivity contribution in [2.75, 3.05) is 25.2 Å². The van der Waals surface area contributed by atoms with E-state index in [0.717, 1.165) is 0 Å². The number of para-hydroxylation sites is 1. The smallest absolute Gasteiger partial charge is 0.252 e. The Balaban J connectivity index is 2.50. The van der Waals surface area contributed by atoms with E-state index in [1.54, 1.807) is 61.5 Å². The van der Waals surface area contributed by atoms with Gasteiger partial charge in [0.15, 0.2) is 11.8 Å². The van der Waals surface area contributed by atoms with Gasteiger partial charge >= 0.3 is 0 Å². The van der Waals surface area contributed by atoms with Crippen molar-refractivity contribution in [1.29, 1.82) is 0 Å². The lowest BCUT2D eigenvalue weighted by Crippen LogP contribution is -2.62. The Labute approximate surface area is 169 Å². The van der Waals surface area contributed by atoms with Gasteiger partial charge in [0.25, 0.3) is 5.91 Å². The summed E-state index contributed by atoms with van der Waals surface area (Å²) in [6.07, 6.45) is 0.298. The van der Waals surface area contributed by atoms with Crippen molar-refractivity contribution in [1.82, 2.24) is 5.32 Å². The fourth-order valence-corrected chi connectivity index (χ4v) is 3.19. The molecule has 3 N–H and O–H groups in total. The molecule has 0 fully saturated rings. The van der Waals surface area contributed by atoms with E-state index >= 15 is 0 Å². The summed E-state index contributed by atoms with van der Waals surface area (Å²) in [5, 5.41) is 23.3. The Morgan fingerprint density at radius 3 is 2.11 bits per heavy atom. The molecule has 150 valence electrons. The maximum absolute atomic E-state index is 13.5. The molecule has 0 spiro atoms. The molecule has 0 aliphatic heterocycles.